The number of carbonyl (C=O) groups is 1. The lowest BCUT2D eigenvalue weighted by Crippen LogP contribution is -2.44. The number of nitrogens with zero attached hydrogens (tertiary/aromatic N) is 2. The fourth-order valence-electron chi connectivity index (χ4n) is 2.70. The molecule has 1 fully saturated rings. The van der Waals surface area contributed by atoms with Crippen molar-refractivity contribution in [2.24, 2.45) is 5.41 Å². The molecular weight excluding hydrogens is 272 g/mol. The molecule has 1 aromatic rings. The summed E-state index contributed by atoms with van der Waals surface area (Å²) < 4.78 is 0. The zero-order chi connectivity index (χ0) is 14.6. The molecule has 20 heavy (non-hydrogen) atoms. The van der Waals surface area contributed by atoms with Crippen LogP contribution in [0.3, 0.4) is 0 Å². The second-order valence-corrected chi connectivity index (χ2v) is 6.79. The molecule has 1 aliphatic rings. The predicted octanol–water partition coefficient (Wildman–Crippen LogP) is 2.72. The molecule has 1 amide bonds. The van der Waals surface area contributed by atoms with E-state index in [1.807, 2.05) is 4.90 Å². The molecule has 0 unspecified atom stereocenters. The van der Waals surface area contributed by atoms with E-state index < -0.39 is 0 Å². The number of hydrogen-bond donors (Lipinski definition) is 1. The fraction of sp³-hybridized carbons (Fsp3) is 0.733. The molecule has 0 spiro atoms. The van der Waals surface area contributed by atoms with Crippen molar-refractivity contribution in [2.45, 2.75) is 46.0 Å². The first kappa shape index (κ1) is 15.4. The van der Waals surface area contributed by atoms with E-state index >= 15 is 0 Å². The monoisotopic (exact) mass is 296 g/mol. The minimum atomic E-state index is 0.0256. The normalized spacial score (nSPS) is 18.2. The van der Waals surface area contributed by atoms with Gasteiger partial charge in [0.2, 0.25) is 0 Å². The minimum absolute atomic E-state index is 0.0256. The number of thiazole rings is 1. The Morgan fingerprint density at radius 2 is 2.15 bits per heavy atom. The summed E-state index contributed by atoms with van der Waals surface area (Å²) in [6.45, 7) is 5.95. The smallest absolute Gasteiger partial charge is 0.265 e. The van der Waals surface area contributed by atoms with Gasteiger partial charge < -0.3 is 10.0 Å². The van der Waals surface area contributed by atoms with Gasteiger partial charge >= 0.3 is 0 Å². The van der Waals surface area contributed by atoms with Crippen molar-refractivity contribution in [3.8, 4) is 0 Å². The Bertz CT molecular complexity index is 444. The number of rotatable bonds is 5. The second-order valence-electron chi connectivity index (χ2n) is 5.67. The zero-order valence-corrected chi connectivity index (χ0v) is 13.2. The van der Waals surface area contributed by atoms with E-state index in [9.17, 15) is 9.90 Å². The molecule has 112 valence electrons. The van der Waals surface area contributed by atoms with Crippen molar-refractivity contribution < 1.29 is 9.90 Å². The molecule has 4 nitrogen and oxygen atoms in total. The topological polar surface area (TPSA) is 53.4 Å². The molecule has 1 aliphatic heterocycles. The SMILES string of the molecule is CCCc1ncc(C(=O)N2CCC(CC)(CO)CC2)s1. The highest BCUT2D eigenvalue weighted by atomic mass is 32.1. The highest BCUT2D eigenvalue weighted by molar-refractivity contribution is 7.13. The van der Waals surface area contributed by atoms with Crippen molar-refractivity contribution in [3.05, 3.63) is 16.1 Å². The Morgan fingerprint density at radius 3 is 2.70 bits per heavy atom. The van der Waals surface area contributed by atoms with Gasteiger partial charge in [-0.2, -0.15) is 0 Å². The summed E-state index contributed by atoms with van der Waals surface area (Å²) in [4.78, 5) is 19.4. The maximum absolute atomic E-state index is 12.4. The zero-order valence-electron chi connectivity index (χ0n) is 12.4. The molecule has 0 atom stereocenters. The first-order valence-corrected chi connectivity index (χ1v) is 8.30. The van der Waals surface area contributed by atoms with Crippen molar-refractivity contribution in [1.29, 1.82) is 0 Å². The van der Waals surface area contributed by atoms with Gasteiger partial charge in [0.05, 0.1) is 11.2 Å². The highest BCUT2D eigenvalue weighted by Gasteiger charge is 2.34. The lowest BCUT2D eigenvalue weighted by atomic mass is 9.77. The first-order chi connectivity index (χ1) is 9.64. The summed E-state index contributed by atoms with van der Waals surface area (Å²) in [7, 11) is 0. The third-order valence-corrected chi connectivity index (χ3v) is 5.47. The largest absolute Gasteiger partial charge is 0.396 e. The summed E-state index contributed by atoms with van der Waals surface area (Å²) >= 11 is 1.52. The van der Waals surface area contributed by atoms with E-state index in [0.29, 0.717) is 0 Å². The molecule has 1 N–H and O–H groups in total. The van der Waals surface area contributed by atoms with Gasteiger partial charge in [0, 0.05) is 19.7 Å². The van der Waals surface area contributed by atoms with Crippen LogP contribution in [-0.2, 0) is 6.42 Å². The Balaban J connectivity index is 1.97. The fourth-order valence-corrected chi connectivity index (χ4v) is 3.69. The molecule has 0 bridgehead atoms. The summed E-state index contributed by atoms with van der Waals surface area (Å²) in [5.41, 5.74) is 0.0256. The van der Waals surface area contributed by atoms with Crippen LogP contribution in [0.4, 0.5) is 0 Å². The van der Waals surface area contributed by atoms with E-state index in [4.69, 9.17) is 0 Å². The van der Waals surface area contributed by atoms with E-state index in [1.165, 1.54) is 11.3 Å². The van der Waals surface area contributed by atoms with Crippen molar-refractivity contribution in [3.63, 3.8) is 0 Å². The van der Waals surface area contributed by atoms with Gasteiger partial charge in [-0.15, -0.1) is 11.3 Å². The summed E-state index contributed by atoms with van der Waals surface area (Å²) in [6, 6.07) is 0. The van der Waals surface area contributed by atoms with Crippen LogP contribution in [0.25, 0.3) is 0 Å². The lowest BCUT2D eigenvalue weighted by molar-refractivity contribution is 0.0341. The molecule has 1 aromatic heterocycles. The molecule has 0 radical (unpaired) electrons. The quantitative estimate of drug-likeness (QED) is 0.909. The molecular formula is C15H24N2O2S. The molecule has 0 saturated carbocycles. The van der Waals surface area contributed by atoms with Gasteiger partial charge in [0.1, 0.15) is 4.88 Å². The lowest BCUT2D eigenvalue weighted by Gasteiger charge is -2.40. The Kier molecular flexibility index (Phi) is 5.16. The number of aliphatic hydroxyl groups excluding tert-OH is 1. The Hall–Kier alpha value is -0.940. The molecule has 1 saturated heterocycles. The van der Waals surface area contributed by atoms with Gasteiger partial charge in [-0.05, 0) is 37.5 Å². The number of amides is 1. The molecule has 5 heteroatoms. The second kappa shape index (κ2) is 6.68. The number of aromatic nitrogens is 1. The van der Waals surface area contributed by atoms with Crippen LogP contribution >= 0.6 is 11.3 Å². The summed E-state index contributed by atoms with van der Waals surface area (Å²) in [5, 5.41) is 10.6. The van der Waals surface area contributed by atoms with Crippen LogP contribution in [0.1, 0.15) is 54.2 Å². The number of aliphatic hydroxyl groups is 1. The molecule has 0 aromatic carbocycles. The average Bonchev–Trinajstić information content (AvgIpc) is 2.96. The maximum atomic E-state index is 12.4. The average molecular weight is 296 g/mol. The highest BCUT2D eigenvalue weighted by Crippen LogP contribution is 2.34. The van der Waals surface area contributed by atoms with Crippen molar-refractivity contribution in [1.82, 2.24) is 9.88 Å². The van der Waals surface area contributed by atoms with Crippen LogP contribution < -0.4 is 0 Å². The van der Waals surface area contributed by atoms with Gasteiger partial charge in [-0.1, -0.05) is 13.8 Å². The summed E-state index contributed by atoms with van der Waals surface area (Å²) in [6.07, 6.45) is 6.49. The van der Waals surface area contributed by atoms with Crippen molar-refractivity contribution in [2.75, 3.05) is 19.7 Å². The van der Waals surface area contributed by atoms with E-state index in [2.05, 4.69) is 18.8 Å². The van der Waals surface area contributed by atoms with Crippen LogP contribution in [0.2, 0.25) is 0 Å². The summed E-state index contributed by atoms with van der Waals surface area (Å²) in [5.74, 6) is 0.104. The molecule has 2 heterocycles. The van der Waals surface area contributed by atoms with E-state index in [1.54, 1.807) is 6.20 Å². The first-order valence-electron chi connectivity index (χ1n) is 7.49. The number of likely N-dealkylation sites (tertiary alicyclic amines) is 1. The number of piperidine rings is 1. The molecule has 2 rings (SSSR count). The Labute approximate surface area is 124 Å². The third-order valence-electron chi connectivity index (χ3n) is 4.42. The van der Waals surface area contributed by atoms with Gasteiger partial charge in [0.25, 0.3) is 5.91 Å². The minimum Gasteiger partial charge on any atom is -0.396 e. The van der Waals surface area contributed by atoms with Gasteiger partial charge in [-0.3, -0.25) is 4.79 Å². The van der Waals surface area contributed by atoms with Gasteiger partial charge in [-0.25, -0.2) is 4.98 Å². The maximum Gasteiger partial charge on any atom is 0.265 e. The van der Waals surface area contributed by atoms with Crippen LogP contribution in [-0.4, -0.2) is 40.6 Å². The number of aryl methyl sites for hydroxylation is 1. The number of carbonyl (C=O) groups excluding carboxylic acids is 1. The third kappa shape index (κ3) is 3.20. The standard InChI is InChI=1S/C15H24N2O2S/c1-3-5-13-16-10-12(20-13)14(19)17-8-6-15(4-2,11-18)7-9-17/h10,18H,3-9,11H2,1-2H3. The number of hydrogen-bond acceptors (Lipinski definition) is 4. The van der Waals surface area contributed by atoms with Crippen LogP contribution in [0, 0.1) is 5.41 Å². The molecule has 0 aliphatic carbocycles. The van der Waals surface area contributed by atoms with Gasteiger partial charge in [0.15, 0.2) is 0 Å². The Morgan fingerprint density at radius 1 is 1.45 bits per heavy atom. The van der Waals surface area contributed by atoms with E-state index in [-0.39, 0.29) is 17.9 Å². The van der Waals surface area contributed by atoms with Crippen LogP contribution in [0.5, 0.6) is 0 Å². The predicted molar refractivity (Wildman–Crippen MR) is 81.1 cm³/mol. The van der Waals surface area contributed by atoms with Crippen molar-refractivity contribution >= 4 is 17.2 Å². The van der Waals surface area contributed by atoms with Crippen LogP contribution in [0.15, 0.2) is 6.20 Å². The van der Waals surface area contributed by atoms with E-state index in [0.717, 1.165) is 55.1 Å².